The van der Waals surface area contributed by atoms with Gasteiger partial charge >= 0.3 is 0 Å². The Bertz CT molecular complexity index is 369. The van der Waals surface area contributed by atoms with Crippen LogP contribution in [0, 0.1) is 10.5 Å². The number of hydrogen-bond donors (Lipinski definition) is 0. The van der Waals surface area contributed by atoms with Crippen LogP contribution in [-0.4, -0.2) is 12.1 Å². The van der Waals surface area contributed by atoms with E-state index in [9.17, 15) is 9.59 Å². The van der Waals surface area contributed by atoms with E-state index in [0.29, 0.717) is 11.1 Å². The van der Waals surface area contributed by atoms with Crippen molar-refractivity contribution >= 4 is 34.7 Å². The van der Waals surface area contributed by atoms with Crippen LogP contribution >= 0.6 is 22.6 Å². The topological polar surface area (TPSA) is 34.1 Å². The number of Topliss-reactive ketones (excluding diaryl/α,β-unsaturated/α-hetero) is 1. The molecule has 0 aliphatic carbocycles. The molecule has 0 bridgehead atoms. The smallest absolute Gasteiger partial charge is 0.160 e. The van der Waals surface area contributed by atoms with E-state index in [0.717, 1.165) is 15.4 Å². The summed E-state index contributed by atoms with van der Waals surface area (Å²) in [6.45, 7) is 3.30. The quantitative estimate of drug-likeness (QED) is 0.476. The van der Waals surface area contributed by atoms with Crippen molar-refractivity contribution in [3.05, 3.63) is 32.4 Å². The molecule has 0 unspecified atom stereocenters. The molecule has 0 aliphatic heterocycles. The third kappa shape index (κ3) is 1.96. The van der Waals surface area contributed by atoms with Crippen LogP contribution in [0.25, 0.3) is 0 Å². The van der Waals surface area contributed by atoms with Gasteiger partial charge in [0.05, 0.1) is 0 Å². The van der Waals surface area contributed by atoms with Crippen LogP contribution in [-0.2, 0) is 0 Å². The van der Waals surface area contributed by atoms with Crippen LogP contribution in [0.3, 0.4) is 0 Å². The first-order valence-corrected chi connectivity index (χ1v) is 4.91. The first-order chi connectivity index (χ1) is 6.07. The molecule has 0 aliphatic rings. The predicted octanol–water partition coefficient (Wildman–Crippen LogP) is 2.61. The summed E-state index contributed by atoms with van der Waals surface area (Å²) < 4.78 is 0.884. The minimum Gasteiger partial charge on any atom is -0.298 e. The Morgan fingerprint density at radius 3 is 2.54 bits per heavy atom. The molecule has 1 aromatic rings. The fourth-order valence-corrected chi connectivity index (χ4v) is 1.93. The number of hydrogen-bond acceptors (Lipinski definition) is 2. The number of carbonyl (C=O) groups is 2. The number of halogens is 1. The molecule has 0 heterocycles. The Balaban J connectivity index is 3.44. The highest BCUT2D eigenvalue weighted by Gasteiger charge is 2.09. The second-order valence-electron chi connectivity index (χ2n) is 2.81. The highest BCUT2D eigenvalue weighted by molar-refractivity contribution is 14.1. The molecule has 0 saturated carbocycles. The standard InChI is InChI=1S/C10H9IO2/c1-6-8(7(2)13)3-4-10(11)9(6)5-12/h3-5H,1-2H3. The lowest BCUT2D eigenvalue weighted by Gasteiger charge is -2.05. The van der Waals surface area contributed by atoms with Crippen molar-refractivity contribution in [1.29, 1.82) is 0 Å². The van der Waals surface area contributed by atoms with Gasteiger partial charge in [-0.2, -0.15) is 0 Å². The zero-order valence-electron chi connectivity index (χ0n) is 7.43. The summed E-state index contributed by atoms with van der Waals surface area (Å²) in [5.41, 5.74) is 2.02. The van der Waals surface area contributed by atoms with E-state index in [1.165, 1.54) is 6.92 Å². The molecule has 13 heavy (non-hydrogen) atoms. The Hall–Kier alpha value is -0.710. The number of carbonyl (C=O) groups excluding carboxylic acids is 2. The van der Waals surface area contributed by atoms with Gasteiger partial charge in [0.1, 0.15) is 0 Å². The average molecular weight is 288 g/mol. The van der Waals surface area contributed by atoms with Crippen LogP contribution in [0.15, 0.2) is 12.1 Å². The van der Waals surface area contributed by atoms with Gasteiger partial charge < -0.3 is 0 Å². The molecule has 0 radical (unpaired) electrons. The van der Waals surface area contributed by atoms with Gasteiger partial charge in [0, 0.05) is 14.7 Å². The van der Waals surface area contributed by atoms with Gasteiger partial charge in [-0.15, -0.1) is 0 Å². The van der Waals surface area contributed by atoms with E-state index < -0.39 is 0 Å². The summed E-state index contributed by atoms with van der Waals surface area (Å²) in [7, 11) is 0. The van der Waals surface area contributed by atoms with Crippen LogP contribution in [0.2, 0.25) is 0 Å². The maximum atomic E-state index is 11.1. The van der Waals surface area contributed by atoms with Gasteiger partial charge in [0.2, 0.25) is 0 Å². The van der Waals surface area contributed by atoms with Crippen LogP contribution in [0.5, 0.6) is 0 Å². The summed E-state index contributed by atoms with van der Waals surface area (Å²) >= 11 is 2.08. The first kappa shape index (κ1) is 10.4. The van der Waals surface area contributed by atoms with Crippen molar-refractivity contribution in [3.63, 3.8) is 0 Å². The molecule has 0 saturated heterocycles. The van der Waals surface area contributed by atoms with Crippen molar-refractivity contribution in [2.45, 2.75) is 13.8 Å². The zero-order chi connectivity index (χ0) is 10.0. The molecule has 0 aromatic heterocycles. The molecular weight excluding hydrogens is 279 g/mol. The molecule has 68 valence electrons. The maximum absolute atomic E-state index is 11.1. The van der Waals surface area contributed by atoms with Crippen LogP contribution in [0.1, 0.15) is 33.2 Å². The van der Waals surface area contributed by atoms with Crippen molar-refractivity contribution < 1.29 is 9.59 Å². The van der Waals surface area contributed by atoms with Crippen LogP contribution in [0.4, 0.5) is 0 Å². The molecule has 0 spiro atoms. The van der Waals surface area contributed by atoms with Gasteiger partial charge in [-0.1, -0.05) is 6.07 Å². The van der Waals surface area contributed by atoms with E-state index in [1.54, 1.807) is 19.1 Å². The molecule has 2 nitrogen and oxygen atoms in total. The number of benzene rings is 1. The van der Waals surface area contributed by atoms with Gasteiger partial charge in [0.25, 0.3) is 0 Å². The fourth-order valence-electron chi connectivity index (χ4n) is 1.22. The fraction of sp³-hybridized carbons (Fsp3) is 0.200. The van der Waals surface area contributed by atoms with Gasteiger partial charge in [-0.25, -0.2) is 0 Å². The second kappa shape index (κ2) is 4.00. The van der Waals surface area contributed by atoms with E-state index >= 15 is 0 Å². The Morgan fingerprint density at radius 1 is 1.46 bits per heavy atom. The summed E-state index contributed by atoms with van der Waals surface area (Å²) in [6.07, 6.45) is 0.795. The van der Waals surface area contributed by atoms with Crippen molar-refractivity contribution in [1.82, 2.24) is 0 Å². The Morgan fingerprint density at radius 2 is 2.08 bits per heavy atom. The van der Waals surface area contributed by atoms with Crippen molar-refractivity contribution in [2.24, 2.45) is 0 Å². The molecule has 0 atom stereocenters. The molecule has 0 amide bonds. The zero-order valence-corrected chi connectivity index (χ0v) is 9.58. The SMILES string of the molecule is CC(=O)c1ccc(I)c(C=O)c1C. The van der Waals surface area contributed by atoms with E-state index in [-0.39, 0.29) is 5.78 Å². The third-order valence-electron chi connectivity index (χ3n) is 1.96. The molecule has 0 fully saturated rings. The Kier molecular flexibility index (Phi) is 3.19. The van der Waals surface area contributed by atoms with Gasteiger partial charge in [-0.3, -0.25) is 9.59 Å². The monoisotopic (exact) mass is 288 g/mol. The minimum absolute atomic E-state index is 0.00278. The van der Waals surface area contributed by atoms with E-state index in [4.69, 9.17) is 0 Å². The predicted molar refractivity (Wildman–Crippen MR) is 59.3 cm³/mol. The molecule has 1 aromatic carbocycles. The lowest BCUT2D eigenvalue weighted by molar-refractivity contribution is 0.101. The largest absolute Gasteiger partial charge is 0.298 e. The summed E-state index contributed by atoms with van der Waals surface area (Å²) in [4.78, 5) is 21.8. The minimum atomic E-state index is -0.00278. The molecule has 1 rings (SSSR count). The molecule has 3 heteroatoms. The Labute approximate surface area is 90.5 Å². The average Bonchev–Trinajstić information content (AvgIpc) is 2.04. The summed E-state index contributed by atoms with van der Waals surface area (Å²) in [6, 6.07) is 3.54. The molecular formula is C10H9IO2. The van der Waals surface area contributed by atoms with E-state index in [2.05, 4.69) is 22.6 Å². The summed E-state index contributed by atoms with van der Waals surface area (Å²) in [5, 5.41) is 0. The second-order valence-corrected chi connectivity index (χ2v) is 3.97. The third-order valence-corrected chi connectivity index (χ3v) is 2.90. The lowest BCUT2D eigenvalue weighted by atomic mass is 10.0. The van der Waals surface area contributed by atoms with Crippen LogP contribution < -0.4 is 0 Å². The number of rotatable bonds is 2. The number of ketones is 1. The normalized spacial score (nSPS) is 9.77. The van der Waals surface area contributed by atoms with Crippen molar-refractivity contribution in [3.8, 4) is 0 Å². The highest BCUT2D eigenvalue weighted by Crippen LogP contribution is 2.18. The lowest BCUT2D eigenvalue weighted by Crippen LogP contribution is -2.01. The summed E-state index contributed by atoms with van der Waals surface area (Å²) in [5.74, 6) is -0.00278. The first-order valence-electron chi connectivity index (χ1n) is 3.83. The van der Waals surface area contributed by atoms with E-state index in [1.807, 2.05) is 0 Å². The maximum Gasteiger partial charge on any atom is 0.160 e. The van der Waals surface area contributed by atoms with Crippen molar-refractivity contribution in [2.75, 3.05) is 0 Å². The highest BCUT2D eigenvalue weighted by atomic mass is 127. The van der Waals surface area contributed by atoms with Gasteiger partial charge in [-0.05, 0) is 48.1 Å². The number of aldehydes is 1. The molecule has 0 N–H and O–H groups in total. The van der Waals surface area contributed by atoms with Gasteiger partial charge in [0.15, 0.2) is 12.1 Å².